The minimum atomic E-state index is -0.694. The molecule has 0 radical (unpaired) electrons. The second kappa shape index (κ2) is 11.7. The SMILES string of the molecule is NC(=O)CCCCCCCCCC(Cc1ccccc1)C(=O)O. The standard InChI is InChI=1S/C19H29NO3/c20-18(21)14-10-5-3-1-2-4-9-13-17(19(22)23)15-16-11-7-6-8-12-16/h6-8,11-12,17H,1-5,9-10,13-15H2,(H2,20,21)(H,22,23). The third-order valence-electron chi connectivity index (χ3n) is 4.15. The maximum Gasteiger partial charge on any atom is 0.306 e. The molecule has 1 atom stereocenters. The lowest BCUT2D eigenvalue weighted by atomic mass is 9.93. The van der Waals surface area contributed by atoms with E-state index in [0.717, 1.165) is 56.9 Å². The fraction of sp³-hybridized carbons (Fsp3) is 0.579. The summed E-state index contributed by atoms with van der Waals surface area (Å²) >= 11 is 0. The van der Waals surface area contributed by atoms with Crippen LogP contribution in [0.15, 0.2) is 30.3 Å². The molecule has 1 rings (SSSR count). The number of rotatable bonds is 13. The second-order valence-corrected chi connectivity index (χ2v) is 6.20. The number of carbonyl (C=O) groups is 2. The van der Waals surface area contributed by atoms with E-state index < -0.39 is 5.97 Å². The summed E-state index contributed by atoms with van der Waals surface area (Å²) in [6.07, 6.45) is 9.22. The molecule has 4 nitrogen and oxygen atoms in total. The van der Waals surface area contributed by atoms with Gasteiger partial charge in [0, 0.05) is 6.42 Å². The van der Waals surface area contributed by atoms with Gasteiger partial charge in [0.15, 0.2) is 0 Å². The molecule has 3 N–H and O–H groups in total. The van der Waals surface area contributed by atoms with Crippen LogP contribution in [0.1, 0.15) is 63.4 Å². The van der Waals surface area contributed by atoms with Gasteiger partial charge in [0.2, 0.25) is 5.91 Å². The molecule has 0 aromatic heterocycles. The zero-order valence-electron chi connectivity index (χ0n) is 13.9. The van der Waals surface area contributed by atoms with Gasteiger partial charge in [-0.05, 0) is 24.8 Å². The van der Waals surface area contributed by atoms with Crippen molar-refractivity contribution in [3.05, 3.63) is 35.9 Å². The highest BCUT2D eigenvalue weighted by molar-refractivity contribution is 5.73. The molecule has 4 heteroatoms. The number of carbonyl (C=O) groups excluding carboxylic acids is 1. The van der Waals surface area contributed by atoms with Gasteiger partial charge in [-0.15, -0.1) is 0 Å². The van der Waals surface area contributed by atoms with Gasteiger partial charge in [0.05, 0.1) is 5.92 Å². The predicted octanol–water partition coefficient (Wildman–Crippen LogP) is 3.93. The van der Waals surface area contributed by atoms with Crippen molar-refractivity contribution in [1.29, 1.82) is 0 Å². The summed E-state index contributed by atoms with van der Waals surface area (Å²) in [4.78, 5) is 22.0. The quantitative estimate of drug-likeness (QED) is 0.541. The first kappa shape index (κ1) is 19.2. The van der Waals surface area contributed by atoms with Gasteiger partial charge in [-0.2, -0.15) is 0 Å². The normalized spacial score (nSPS) is 12.0. The largest absolute Gasteiger partial charge is 0.481 e. The average molecular weight is 319 g/mol. The number of hydrogen-bond acceptors (Lipinski definition) is 2. The molecule has 0 aliphatic carbocycles. The Morgan fingerprint density at radius 1 is 0.913 bits per heavy atom. The minimum Gasteiger partial charge on any atom is -0.481 e. The molecule has 1 unspecified atom stereocenters. The molecule has 0 fully saturated rings. The van der Waals surface area contributed by atoms with Crippen molar-refractivity contribution in [3.8, 4) is 0 Å². The fourth-order valence-electron chi connectivity index (χ4n) is 2.79. The van der Waals surface area contributed by atoms with E-state index in [0.29, 0.717) is 12.8 Å². The zero-order chi connectivity index (χ0) is 16.9. The van der Waals surface area contributed by atoms with Gasteiger partial charge in [-0.25, -0.2) is 0 Å². The van der Waals surface area contributed by atoms with E-state index in [2.05, 4.69) is 0 Å². The monoisotopic (exact) mass is 319 g/mol. The minimum absolute atomic E-state index is 0.219. The van der Waals surface area contributed by atoms with Crippen molar-refractivity contribution < 1.29 is 14.7 Å². The number of amides is 1. The van der Waals surface area contributed by atoms with E-state index in [4.69, 9.17) is 5.73 Å². The van der Waals surface area contributed by atoms with Crippen LogP contribution in [0, 0.1) is 5.92 Å². The van der Waals surface area contributed by atoms with Crippen LogP contribution in [0.4, 0.5) is 0 Å². The molecular formula is C19H29NO3. The van der Waals surface area contributed by atoms with Gasteiger partial charge < -0.3 is 10.8 Å². The molecular weight excluding hydrogens is 290 g/mol. The number of aliphatic carboxylic acids is 1. The first-order valence-corrected chi connectivity index (χ1v) is 8.64. The summed E-state index contributed by atoms with van der Waals surface area (Å²) in [6.45, 7) is 0. The molecule has 23 heavy (non-hydrogen) atoms. The molecule has 0 spiro atoms. The Bertz CT molecular complexity index is 459. The summed E-state index contributed by atoms with van der Waals surface area (Å²) < 4.78 is 0. The number of nitrogens with two attached hydrogens (primary N) is 1. The first-order chi connectivity index (χ1) is 11.1. The van der Waals surface area contributed by atoms with Crippen LogP contribution in [0.25, 0.3) is 0 Å². The van der Waals surface area contributed by atoms with E-state index in [1.54, 1.807) is 0 Å². The Labute approximate surface area is 139 Å². The molecule has 1 aromatic rings. The molecule has 0 saturated heterocycles. The molecule has 1 amide bonds. The summed E-state index contributed by atoms with van der Waals surface area (Å²) in [6, 6.07) is 9.83. The summed E-state index contributed by atoms with van der Waals surface area (Å²) in [5, 5.41) is 9.34. The lowest BCUT2D eigenvalue weighted by molar-refractivity contribution is -0.142. The van der Waals surface area contributed by atoms with E-state index in [-0.39, 0.29) is 11.8 Å². The summed E-state index contributed by atoms with van der Waals surface area (Å²) in [7, 11) is 0. The average Bonchev–Trinajstić information content (AvgIpc) is 2.52. The number of unbranched alkanes of at least 4 members (excludes halogenated alkanes) is 6. The predicted molar refractivity (Wildman–Crippen MR) is 92.0 cm³/mol. The molecule has 0 heterocycles. The Morgan fingerprint density at radius 2 is 1.48 bits per heavy atom. The first-order valence-electron chi connectivity index (χ1n) is 8.64. The van der Waals surface area contributed by atoms with Crippen molar-refractivity contribution >= 4 is 11.9 Å². The third kappa shape index (κ3) is 9.72. The van der Waals surface area contributed by atoms with E-state index >= 15 is 0 Å². The third-order valence-corrected chi connectivity index (χ3v) is 4.15. The van der Waals surface area contributed by atoms with Crippen LogP contribution in [0.5, 0.6) is 0 Å². The molecule has 0 bridgehead atoms. The van der Waals surface area contributed by atoms with Crippen LogP contribution in [0.3, 0.4) is 0 Å². The zero-order valence-corrected chi connectivity index (χ0v) is 13.9. The summed E-state index contributed by atoms with van der Waals surface area (Å²) in [5.41, 5.74) is 6.19. The van der Waals surface area contributed by atoms with Gasteiger partial charge in [0.25, 0.3) is 0 Å². The molecule has 0 aliphatic heterocycles. The lowest BCUT2D eigenvalue weighted by Gasteiger charge is -2.12. The Kier molecular flexibility index (Phi) is 9.76. The highest BCUT2D eigenvalue weighted by atomic mass is 16.4. The maximum absolute atomic E-state index is 11.4. The molecule has 0 aliphatic rings. The highest BCUT2D eigenvalue weighted by Crippen LogP contribution is 2.17. The summed E-state index contributed by atoms with van der Waals surface area (Å²) in [5.74, 6) is -1.20. The van der Waals surface area contributed by atoms with Crippen molar-refractivity contribution in [3.63, 3.8) is 0 Å². The van der Waals surface area contributed by atoms with E-state index in [9.17, 15) is 14.7 Å². The van der Waals surface area contributed by atoms with Crippen LogP contribution >= 0.6 is 0 Å². The van der Waals surface area contributed by atoms with Crippen molar-refractivity contribution in [2.24, 2.45) is 11.7 Å². The molecule has 128 valence electrons. The Morgan fingerprint density at radius 3 is 2.04 bits per heavy atom. The molecule has 1 aromatic carbocycles. The van der Waals surface area contributed by atoms with Crippen molar-refractivity contribution in [2.45, 2.75) is 64.2 Å². The van der Waals surface area contributed by atoms with Crippen LogP contribution in [0.2, 0.25) is 0 Å². The number of primary amides is 1. The smallest absolute Gasteiger partial charge is 0.306 e. The van der Waals surface area contributed by atoms with Gasteiger partial charge >= 0.3 is 5.97 Å². The number of carboxylic acid groups (broad SMARTS) is 1. The lowest BCUT2D eigenvalue weighted by Crippen LogP contribution is -2.16. The van der Waals surface area contributed by atoms with Crippen molar-refractivity contribution in [1.82, 2.24) is 0 Å². The topological polar surface area (TPSA) is 80.4 Å². The number of carboxylic acids is 1. The van der Waals surface area contributed by atoms with Gasteiger partial charge in [-0.1, -0.05) is 68.9 Å². The Hall–Kier alpha value is -1.84. The number of benzene rings is 1. The maximum atomic E-state index is 11.4. The van der Waals surface area contributed by atoms with Gasteiger partial charge in [-0.3, -0.25) is 9.59 Å². The van der Waals surface area contributed by atoms with Crippen LogP contribution in [-0.4, -0.2) is 17.0 Å². The highest BCUT2D eigenvalue weighted by Gasteiger charge is 2.17. The van der Waals surface area contributed by atoms with Gasteiger partial charge in [0.1, 0.15) is 0 Å². The van der Waals surface area contributed by atoms with Crippen LogP contribution < -0.4 is 5.73 Å². The van der Waals surface area contributed by atoms with Crippen LogP contribution in [-0.2, 0) is 16.0 Å². The van der Waals surface area contributed by atoms with E-state index in [1.165, 1.54) is 0 Å². The van der Waals surface area contributed by atoms with Crippen molar-refractivity contribution in [2.75, 3.05) is 0 Å². The molecule has 0 saturated carbocycles. The Balaban J connectivity index is 2.10. The van der Waals surface area contributed by atoms with E-state index in [1.807, 2.05) is 30.3 Å². The fourth-order valence-corrected chi connectivity index (χ4v) is 2.79. The second-order valence-electron chi connectivity index (χ2n) is 6.20. The number of hydrogen-bond donors (Lipinski definition) is 2.